The predicted octanol–water partition coefficient (Wildman–Crippen LogP) is 3.06. The third-order valence-electron chi connectivity index (χ3n) is 6.79. The van der Waals surface area contributed by atoms with Crippen molar-refractivity contribution in [1.29, 1.82) is 0 Å². The molecule has 3 fully saturated rings. The lowest BCUT2D eigenvalue weighted by Crippen LogP contribution is -2.51. The van der Waals surface area contributed by atoms with Crippen LogP contribution in [0.3, 0.4) is 0 Å². The van der Waals surface area contributed by atoms with Crippen LogP contribution in [0, 0.1) is 11.8 Å². The van der Waals surface area contributed by atoms with Gasteiger partial charge in [0.15, 0.2) is 0 Å². The van der Waals surface area contributed by atoms with Crippen molar-refractivity contribution in [3.05, 3.63) is 35.4 Å². The van der Waals surface area contributed by atoms with Gasteiger partial charge >= 0.3 is 0 Å². The van der Waals surface area contributed by atoms with Crippen LogP contribution in [-0.4, -0.2) is 59.4 Å². The summed E-state index contributed by atoms with van der Waals surface area (Å²) in [7, 11) is 0. The average Bonchev–Trinajstić information content (AvgIpc) is 2.95. The number of hydrogen-bond acceptors (Lipinski definition) is 4. The van der Waals surface area contributed by atoms with Crippen molar-refractivity contribution < 1.29 is 9.59 Å². The molecular formula is C23H33N3O2. The van der Waals surface area contributed by atoms with Crippen LogP contribution < -0.4 is 0 Å². The lowest BCUT2D eigenvalue weighted by Gasteiger charge is -2.36. The number of fused-ring (bicyclic) bond motifs is 1. The van der Waals surface area contributed by atoms with Gasteiger partial charge in [0.2, 0.25) is 11.8 Å². The number of likely N-dealkylation sites (tertiary alicyclic amines) is 1. The van der Waals surface area contributed by atoms with Gasteiger partial charge in [-0.25, -0.2) is 0 Å². The first kappa shape index (κ1) is 19.6. The van der Waals surface area contributed by atoms with Gasteiger partial charge in [-0.05, 0) is 29.9 Å². The Labute approximate surface area is 168 Å². The predicted molar refractivity (Wildman–Crippen MR) is 110 cm³/mol. The molecule has 2 amide bonds. The van der Waals surface area contributed by atoms with Gasteiger partial charge in [-0.15, -0.1) is 0 Å². The minimum Gasteiger partial charge on any atom is -0.297 e. The van der Waals surface area contributed by atoms with E-state index in [1.165, 1.54) is 11.1 Å². The van der Waals surface area contributed by atoms with E-state index in [4.69, 9.17) is 0 Å². The maximum atomic E-state index is 12.7. The molecule has 2 atom stereocenters. The number of carbonyl (C=O) groups is 2. The molecule has 5 nitrogen and oxygen atoms in total. The zero-order valence-corrected chi connectivity index (χ0v) is 17.3. The smallest absolute Gasteiger partial charge is 0.234 e. The number of hydrogen-bond donors (Lipinski definition) is 0. The first-order valence-electron chi connectivity index (χ1n) is 10.9. The Hall–Kier alpha value is -1.72. The molecule has 1 saturated carbocycles. The standard InChI is InChI=1S/C23H33N3O2/c1-17(2)19-9-7-18(8-10-19)15-24-11-13-25(14-12-24)16-26-22(27)20-5-3-4-6-21(20)23(26)28/h7-10,17,20-21H,3-6,11-16H2,1-2H3/t20-,21-/m1/s1. The second kappa shape index (κ2) is 8.34. The van der Waals surface area contributed by atoms with Gasteiger partial charge in [-0.1, -0.05) is 51.0 Å². The highest BCUT2D eigenvalue weighted by Crippen LogP contribution is 2.38. The summed E-state index contributed by atoms with van der Waals surface area (Å²) in [6, 6.07) is 8.95. The summed E-state index contributed by atoms with van der Waals surface area (Å²) in [5.41, 5.74) is 2.74. The van der Waals surface area contributed by atoms with Crippen molar-refractivity contribution in [1.82, 2.24) is 14.7 Å². The van der Waals surface area contributed by atoms with E-state index in [0.717, 1.165) is 58.4 Å². The van der Waals surface area contributed by atoms with Crippen LogP contribution in [0.5, 0.6) is 0 Å². The molecule has 0 unspecified atom stereocenters. The van der Waals surface area contributed by atoms with E-state index in [1.807, 2.05) is 0 Å². The molecule has 2 heterocycles. The quantitative estimate of drug-likeness (QED) is 0.733. The number of nitrogens with zero attached hydrogens (tertiary/aromatic N) is 3. The number of carbonyl (C=O) groups excluding carboxylic acids is 2. The van der Waals surface area contributed by atoms with Crippen LogP contribution in [0.15, 0.2) is 24.3 Å². The maximum Gasteiger partial charge on any atom is 0.234 e. The van der Waals surface area contributed by atoms with E-state index in [-0.39, 0.29) is 23.7 Å². The molecule has 0 aromatic heterocycles. The molecule has 2 aliphatic heterocycles. The maximum absolute atomic E-state index is 12.7. The van der Waals surface area contributed by atoms with Gasteiger partial charge in [-0.3, -0.25) is 24.3 Å². The van der Waals surface area contributed by atoms with Crippen molar-refractivity contribution in [3.8, 4) is 0 Å². The molecule has 1 aromatic rings. The number of piperazine rings is 1. The van der Waals surface area contributed by atoms with E-state index < -0.39 is 0 Å². The van der Waals surface area contributed by atoms with Crippen molar-refractivity contribution in [2.75, 3.05) is 32.8 Å². The molecular weight excluding hydrogens is 350 g/mol. The van der Waals surface area contributed by atoms with E-state index in [0.29, 0.717) is 12.6 Å². The van der Waals surface area contributed by atoms with Crippen molar-refractivity contribution in [2.45, 2.75) is 52.0 Å². The van der Waals surface area contributed by atoms with Crippen LogP contribution in [0.2, 0.25) is 0 Å². The third kappa shape index (κ3) is 4.01. The number of amides is 2. The van der Waals surface area contributed by atoms with Gasteiger partial charge in [0.25, 0.3) is 0 Å². The summed E-state index contributed by atoms with van der Waals surface area (Å²) in [4.78, 5) is 31.6. The largest absolute Gasteiger partial charge is 0.297 e. The van der Waals surface area contributed by atoms with Crippen LogP contribution in [0.1, 0.15) is 56.6 Å². The lowest BCUT2D eigenvalue weighted by atomic mass is 9.81. The summed E-state index contributed by atoms with van der Waals surface area (Å²) in [5.74, 6) is 0.676. The second-order valence-electron chi connectivity index (χ2n) is 9.03. The zero-order chi connectivity index (χ0) is 19.7. The van der Waals surface area contributed by atoms with Gasteiger partial charge in [0, 0.05) is 32.7 Å². The fourth-order valence-electron chi connectivity index (χ4n) is 4.93. The first-order chi connectivity index (χ1) is 13.5. The highest BCUT2D eigenvalue weighted by Gasteiger charge is 2.48. The third-order valence-corrected chi connectivity index (χ3v) is 6.79. The molecule has 3 aliphatic rings. The van der Waals surface area contributed by atoms with Crippen LogP contribution in [-0.2, 0) is 16.1 Å². The molecule has 4 rings (SSSR count). The number of benzene rings is 1. The summed E-state index contributed by atoms with van der Waals surface area (Å²) in [6.45, 7) is 9.69. The van der Waals surface area contributed by atoms with Crippen LogP contribution in [0.4, 0.5) is 0 Å². The highest BCUT2D eigenvalue weighted by molar-refractivity contribution is 6.05. The van der Waals surface area contributed by atoms with Gasteiger partial charge in [0.05, 0.1) is 18.5 Å². The Morgan fingerprint density at radius 1 is 0.857 bits per heavy atom. The fourth-order valence-corrected chi connectivity index (χ4v) is 4.93. The van der Waals surface area contributed by atoms with Gasteiger partial charge in [0.1, 0.15) is 0 Å². The zero-order valence-electron chi connectivity index (χ0n) is 17.3. The average molecular weight is 384 g/mol. The second-order valence-corrected chi connectivity index (χ2v) is 9.03. The lowest BCUT2D eigenvalue weighted by molar-refractivity contribution is -0.142. The molecule has 1 aromatic carbocycles. The summed E-state index contributed by atoms with van der Waals surface area (Å²) < 4.78 is 0. The Balaban J connectivity index is 1.27. The van der Waals surface area contributed by atoms with Crippen LogP contribution >= 0.6 is 0 Å². The molecule has 2 saturated heterocycles. The molecule has 0 N–H and O–H groups in total. The summed E-state index contributed by atoms with van der Waals surface area (Å²) in [5, 5.41) is 0. The van der Waals surface area contributed by atoms with E-state index in [1.54, 1.807) is 4.90 Å². The monoisotopic (exact) mass is 383 g/mol. The minimum atomic E-state index is -0.0312. The number of rotatable bonds is 5. The summed E-state index contributed by atoms with van der Waals surface area (Å²) >= 11 is 0. The van der Waals surface area contributed by atoms with Gasteiger partial charge < -0.3 is 0 Å². The Morgan fingerprint density at radius 3 is 1.93 bits per heavy atom. The van der Waals surface area contributed by atoms with Crippen molar-refractivity contribution in [3.63, 3.8) is 0 Å². The number of imide groups is 1. The van der Waals surface area contributed by atoms with Crippen LogP contribution in [0.25, 0.3) is 0 Å². The van der Waals surface area contributed by atoms with E-state index >= 15 is 0 Å². The van der Waals surface area contributed by atoms with Gasteiger partial charge in [-0.2, -0.15) is 0 Å². The Bertz CT molecular complexity index is 683. The molecule has 0 spiro atoms. The van der Waals surface area contributed by atoms with Crippen molar-refractivity contribution in [2.24, 2.45) is 11.8 Å². The molecule has 0 radical (unpaired) electrons. The van der Waals surface area contributed by atoms with Crippen molar-refractivity contribution >= 4 is 11.8 Å². The normalized spacial score (nSPS) is 26.9. The molecule has 28 heavy (non-hydrogen) atoms. The summed E-state index contributed by atoms with van der Waals surface area (Å²) in [6.07, 6.45) is 3.97. The topological polar surface area (TPSA) is 43.9 Å². The molecule has 152 valence electrons. The van der Waals surface area contributed by atoms with E-state index in [9.17, 15) is 9.59 Å². The highest BCUT2D eigenvalue weighted by atomic mass is 16.2. The fraction of sp³-hybridized carbons (Fsp3) is 0.652. The molecule has 5 heteroatoms. The minimum absolute atomic E-state index is 0.0312. The Morgan fingerprint density at radius 2 is 1.39 bits per heavy atom. The molecule has 0 bridgehead atoms. The molecule has 1 aliphatic carbocycles. The SMILES string of the molecule is CC(C)c1ccc(CN2CCN(CN3C(=O)[C@@H]4CCCC[C@H]4C3=O)CC2)cc1. The Kier molecular flexibility index (Phi) is 5.83. The first-order valence-corrected chi connectivity index (χ1v) is 10.9. The van der Waals surface area contributed by atoms with E-state index in [2.05, 4.69) is 47.9 Å².